The first-order valence-corrected chi connectivity index (χ1v) is 7.47. The lowest BCUT2D eigenvalue weighted by Gasteiger charge is -2.31. The van der Waals surface area contributed by atoms with Crippen molar-refractivity contribution in [3.05, 3.63) is 34.9 Å². The van der Waals surface area contributed by atoms with E-state index in [0.29, 0.717) is 5.02 Å². The van der Waals surface area contributed by atoms with Crippen LogP contribution in [0.15, 0.2) is 24.3 Å². The first kappa shape index (κ1) is 15.8. The van der Waals surface area contributed by atoms with Gasteiger partial charge in [0.2, 0.25) is 11.8 Å². The number of rotatable bonds is 5. The highest BCUT2D eigenvalue weighted by Gasteiger charge is 2.36. The lowest BCUT2D eigenvalue weighted by Crippen LogP contribution is -2.48. The summed E-state index contributed by atoms with van der Waals surface area (Å²) in [6, 6.07) is 7.57. The highest BCUT2D eigenvalue weighted by Crippen LogP contribution is 2.39. The van der Waals surface area contributed by atoms with Crippen LogP contribution in [0.1, 0.15) is 31.2 Å². The zero-order valence-corrected chi connectivity index (χ0v) is 12.6. The fourth-order valence-electron chi connectivity index (χ4n) is 2.80. The molecule has 0 spiro atoms. The molecule has 1 aromatic carbocycles. The molecule has 0 aliphatic heterocycles. The standard InChI is InChI=1S/C15H20ClN3O2/c16-12-5-3-11(4-6-12)15(7-1-2-8-15)19-14(21)10-18-13(20)9-17/h3-6H,1-2,7-10,17H2,(H,18,20)(H,19,21). The van der Waals surface area contributed by atoms with E-state index in [1.165, 1.54) is 0 Å². The summed E-state index contributed by atoms with van der Waals surface area (Å²) in [7, 11) is 0. The van der Waals surface area contributed by atoms with E-state index in [-0.39, 0.29) is 30.4 Å². The van der Waals surface area contributed by atoms with Crippen molar-refractivity contribution in [3.8, 4) is 0 Å². The minimum atomic E-state index is -0.352. The molecule has 0 radical (unpaired) electrons. The van der Waals surface area contributed by atoms with Crippen LogP contribution in [0, 0.1) is 0 Å². The van der Waals surface area contributed by atoms with E-state index in [2.05, 4.69) is 10.6 Å². The van der Waals surface area contributed by atoms with Crippen LogP contribution in [-0.2, 0) is 15.1 Å². The second kappa shape index (κ2) is 6.91. The van der Waals surface area contributed by atoms with Gasteiger partial charge in [0.25, 0.3) is 0 Å². The van der Waals surface area contributed by atoms with Crippen molar-refractivity contribution in [1.82, 2.24) is 10.6 Å². The number of benzene rings is 1. The van der Waals surface area contributed by atoms with Gasteiger partial charge in [0, 0.05) is 5.02 Å². The van der Waals surface area contributed by atoms with Crippen LogP contribution in [0.5, 0.6) is 0 Å². The summed E-state index contributed by atoms with van der Waals surface area (Å²) >= 11 is 5.92. The Hall–Kier alpha value is -1.59. The highest BCUT2D eigenvalue weighted by molar-refractivity contribution is 6.30. The third kappa shape index (κ3) is 3.95. The molecule has 0 atom stereocenters. The Morgan fingerprint density at radius 3 is 2.33 bits per heavy atom. The maximum absolute atomic E-state index is 12.1. The average Bonchev–Trinajstić information content (AvgIpc) is 2.95. The predicted octanol–water partition coefficient (Wildman–Crippen LogP) is 1.30. The van der Waals surface area contributed by atoms with E-state index < -0.39 is 0 Å². The van der Waals surface area contributed by atoms with Crippen molar-refractivity contribution in [2.75, 3.05) is 13.1 Å². The molecule has 5 nitrogen and oxygen atoms in total. The van der Waals surface area contributed by atoms with Gasteiger partial charge in [0.15, 0.2) is 0 Å². The molecular formula is C15H20ClN3O2. The number of amides is 2. The number of halogens is 1. The largest absolute Gasteiger partial charge is 0.346 e. The molecule has 0 heterocycles. The minimum Gasteiger partial charge on any atom is -0.346 e. The van der Waals surface area contributed by atoms with Crippen molar-refractivity contribution in [3.63, 3.8) is 0 Å². The number of hydrogen-bond acceptors (Lipinski definition) is 3. The Kier molecular flexibility index (Phi) is 5.20. The van der Waals surface area contributed by atoms with Crippen molar-refractivity contribution >= 4 is 23.4 Å². The monoisotopic (exact) mass is 309 g/mol. The summed E-state index contributed by atoms with van der Waals surface area (Å²) in [4.78, 5) is 23.2. The number of nitrogens with two attached hydrogens (primary N) is 1. The summed E-state index contributed by atoms with van der Waals surface area (Å²) < 4.78 is 0. The molecule has 114 valence electrons. The van der Waals surface area contributed by atoms with E-state index in [1.54, 1.807) is 0 Å². The SMILES string of the molecule is NCC(=O)NCC(=O)NC1(c2ccc(Cl)cc2)CCCC1. The molecule has 1 saturated carbocycles. The summed E-state index contributed by atoms with van der Waals surface area (Å²) in [6.45, 7) is -0.166. The third-order valence-electron chi connectivity index (χ3n) is 3.86. The molecule has 2 rings (SSSR count). The van der Waals surface area contributed by atoms with Crippen molar-refractivity contribution in [1.29, 1.82) is 0 Å². The molecule has 4 N–H and O–H groups in total. The van der Waals surface area contributed by atoms with Gasteiger partial charge in [0.05, 0.1) is 18.6 Å². The molecule has 0 unspecified atom stereocenters. The Bertz CT molecular complexity index is 510. The van der Waals surface area contributed by atoms with Crippen LogP contribution in [0.4, 0.5) is 0 Å². The van der Waals surface area contributed by atoms with Gasteiger partial charge in [0.1, 0.15) is 0 Å². The molecule has 1 aliphatic rings. The van der Waals surface area contributed by atoms with Gasteiger partial charge in [-0.15, -0.1) is 0 Å². The fraction of sp³-hybridized carbons (Fsp3) is 0.467. The molecule has 0 bridgehead atoms. The van der Waals surface area contributed by atoms with Crippen LogP contribution in [0.3, 0.4) is 0 Å². The van der Waals surface area contributed by atoms with E-state index >= 15 is 0 Å². The Morgan fingerprint density at radius 1 is 1.14 bits per heavy atom. The molecule has 1 aliphatic carbocycles. The van der Waals surface area contributed by atoms with Crippen molar-refractivity contribution in [2.45, 2.75) is 31.2 Å². The van der Waals surface area contributed by atoms with E-state index in [1.807, 2.05) is 24.3 Å². The van der Waals surface area contributed by atoms with E-state index in [4.69, 9.17) is 17.3 Å². The molecule has 1 fully saturated rings. The molecule has 21 heavy (non-hydrogen) atoms. The predicted molar refractivity (Wildman–Crippen MR) is 81.8 cm³/mol. The fourth-order valence-corrected chi connectivity index (χ4v) is 2.92. The van der Waals surface area contributed by atoms with Crippen molar-refractivity contribution in [2.24, 2.45) is 5.73 Å². The molecule has 1 aromatic rings. The number of hydrogen-bond donors (Lipinski definition) is 3. The van der Waals surface area contributed by atoms with Gasteiger partial charge in [-0.1, -0.05) is 36.6 Å². The van der Waals surface area contributed by atoms with Gasteiger partial charge in [-0.05, 0) is 30.5 Å². The molecule has 0 saturated heterocycles. The van der Waals surface area contributed by atoms with Crippen LogP contribution in [0.2, 0.25) is 5.02 Å². The van der Waals surface area contributed by atoms with Crippen LogP contribution in [-0.4, -0.2) is 24.9 Å². The second-order valence-corrected chi connectivity index (χ2v) is 5.76. The average molecular weight is 310 g/mol. The third-order valence-corrected chi connectivity index (χ3v) is 4.12. The summed E-state index contributed by atoms with van der Waals surface area (Å²) in [5, 5.41) is 6.23. The second-order valence-electron chi connectivity index (χ2n) is 5.33. The zero-order valence-electron chi connectivity index (χ0n) is 11.8. The molecule has 0 aromatic heterocycles. The first-order valence-electron chi connectivity index (χ1n) is 7.09. The summed E-state index contributed by atoms with van der Waals surface area (Å²) in [6.07, 6.45) is 3.92. The highest BCUT2D eigenvalue weighted by atomic mass is 35.5. The smallest absolute Gasteiger partial charge is 0.240 e. The van der Waals surface area contributed by atoms with Gasteiger partial charge in [-0.3, -0.25) is 9.59 Å². The molecular weight excluding hydrogens is 290 g/mol. The Labute approximate surface area is 129 Å². The van der Waals surface area contributed by atoms with Crippen molar-refractivity contribution < 1.29 is 9.59 Å². The van der Waals surface area contributed by atoms with E-state index in [9.17, 15) is 9.59 Å². The van der Waals surface area contributed by atoms with Gasteiger partial charge in [-0.2, -0.15) is 0 Å². The lowest BCUT2D eigenvalue weighted by molar-refractivity contribution is -0.126. The quantitative estimate of drug-likeness (QED) is 0.766. The van der Waals surface area contributed by atoms with Gasteiger partial charge < -0.3 is 16.4 Å². The maximum Gasteiger partial charge on any atom is 0.240 e. The zero-order chi connectivity index (χ0) is 15.3. The van der Waals surface area contributed by atoms with Crippen LogP contribution >= 0.6 is 11.6 Å². The maximum atomic E-state index is 12.1. The number of carbonyl (C=O) groups excluding carboxylic acids is 2. The summed E-state index contributed by atoms with van der Waals surface area (Å²) in [5.41, 5.74) is 5.90. The molecule has 6 heteroatoms. The topological polar surface area (TPSA) is 84.2 Å². The van der Waals surface area contributed by atoms with Gasteiger partial charge >= 0.3 is 0 Å². The normalized spacial score (nSPS) is 16.5. The Morgan fingerprint density at radius 2 is 1.76 bits per heavy atom. The minimum absolute atomic E-state index is 0.0502. The Balaban J connectivity index is 2.06. The molecule has 2 amide bonds. The van der Waals surface area contributed by atoms with E-state index in [0.717, 1.165) is 31.2 Å². The van der Waals surface area contributed by atoms with Crippen LogP contribution < -0.4 is 16.4 Å². The van der Waals surface area contributed by atoms with Gasteiger partial charge in [-0.25, -0.2) is 0 Å². The summed E-state index contributed by atoms with van der Waals surface area (Å²) in [5.74, 6) is -0.536. The van der Waals surface area contributed by atoms with Crippen LogP contribution in [0.25, 0.3) is 0 Å². The number of nitrogens with one attached hydrogen (secondary N) is 2. The lowest BCUT2D eigenvalue weighted by atomic mass is 9.88. The number of carbonyl (C=O) groups is 2. The first-order chi connectivity index (χ1) is 10.1.